The van der Waals surface area contributed by atoms with Gasteiger partial charge in [0.15, 0.2) is 0 Å². The highest BCUT2D eigenvalue weighted by molar-refractivity contribution is 7.98. The molecule has 0 spiro atoms. The highest BCUT2D eigenvalue weighted by Crippen LogP contribution is 2.24. The molecule has 0 amide bonds. The second-order valence-corrected chi connectivity index (χ2v) is 5.08. The molecule has 0 saturated carbocycles. The second kappa shape index (κ2) is 7.22. The predicted octanol–water partition coefficient (Wildman–Crippen LogP) is 4.31. The molecule has 0 aromatic heterocycles. The minimum absolute atomic E-state index is 0.872. The molecule has 0 bridgehead atoms. The molecule has 100 valence electrons. The van der Waals surface area contributed by atoms with Crippen molar-refractivity contribution in [1.29, 1.82) is 0 Å². The number of nitrogens with one attached hydrogen (secondary N) is 1. The van der Waals surface area contributed by atoms with Crippen LogP contribution in [0.3, 0.4) is 0 Å². The van der Waals surface area contributed by atoms with Crippen molar-refractivity contribution in [3.8, 4) is 11.5 Å². The second-order valence-electron chi connectivity index (χ2n) is 4.20. The first kappa shape index (κ1) is 14.0. The van der Waals surface area contributed by atoms with Crippen LogP contribution in [-0.2, 0) is 6.54 Å². The maximum Gasteiger partial charge on any atom is 0.127 e. The first-order valence-electron chi connectivity index (χ1n) is 6.43. The number of benzene rings is 2. The Morgan fingerprint density at radius 3 is 2.05 bits per heavy atom. The van der Waals surface area contributed by atoms with Gasteiger partial charge in [-0.3, -0.25) is 0 Å². The van der Waals surface area contributed by atoms with E-state index in [0.29, 0.717) is 0 Å². The maximum atomic E-state index is 5.81. The standard InChI is InChI=1S/C16H19NOS/c1-3-17-12-13-4-6-14(7-5-13)18-15-8-10-16(19-2)11-9-15/h4-11,17H,3,12H2,1-2H3. The van der Waals surface area contributed by atoms with Crippen LogP contribution in [0, 0.1) is 0 Å². The van der Waals surface area contributed by atoms with E-state index in [4.69, 9.17) is 4.74 Å². The molecule has 0 aliphatic heterocycles. The van der Waals surface area contributed by atoms with E-state index in [1.54, 1.807) is 11.8 Å². The van der Waals surface area contributed by atoms with Gasteiger partial charge in [-0.05, 0) is 54.8 Å². The van der Waals surface area contributed by atoms with Crippen LogP contribution in [0.1, 0.15) is 12.5 Å². The summed E-state index contributed by atoms with van der Waals surface area (Å²) in [5.74, 6) is 1.74. The molecule has 0 aliphatic carbocycles. The summed E-state index contributed by atoms with van der Waals surface area (Å²) >= 11 is 1.73. The molecular formula is C16H19NOS. The van der Waals surface area contributed by atoms with Gasteiger partial charge in [-0.1, -0.05) is 19.1 Å². The van der Waals surface area contributed by atoms with Crippen LogP contribution in [0.4, 0.5) is 0 Å². The summed E-state index contributed by atoms with van der Waals surface area (Å²) < 4.78 is 5.81. The van der Waals surface area contributed by atoms with E-state index < -0.39 is 0 Å². The molecule has 0 fully saturated rings. The summed E-state index contributed by atoms with van der Waals surface area (Å²) in [6.45, 7) is 4.00. The van der Waals surface area contributed by atoms with Crippen molar-refractivity contribution in [2.75, 3.05) is 12.8 Å². The van der Waals surface area contributed by atoms with Crippen molar-refractivity contribution in [3.63, 3.8) is 0 Å². The number of hydrogen-bond donors (Lipinski definition) is 1. The van der Waals surface area contributed by atoms with Gasteiger partial charge in [-0.15, -0.1) is 11.8 Å². The Hall–Kier alpha value is -1.45. The van der Waals surface area contributed by atoms with Gasteiger partial charge in [0.25, 0.3) is 0 Å². The minimum atomic E-state index is 0.872. The number of rotatable bonds is 6. The Morgan fingerprint density at radius 1 is 0.947 bits per heavy atom. The highest BCUT2D eigenvalue weighted by atomic mass is 32.2. The summed E-state index contributed by atoms with van der Waals surface area (Å²) in [5.41, 5.74) is 1.27. The zero-order valence-corrected chi connectivity index (χ0v) is 12.2. The third kappa shape index (κ3) is 4.30. The lowest BCUT2D eigenvalue weighted by atomic mass is 10.2. The molecule has 3 heteroatoms. The summed E-state index contributed by atoms with van der Waals surface area (Å²) in [4.78, 5) is 1.24. The van der Waals surface area contributed by atoms with Gasteiger partial charge in [-0.25, -0.2) is 0 Å². The van der Waals surface area contributed by atoms with E-state index in [1.807, 2.05) is 24.3 Å². The molecule has 1 N–H and O–H groups in total. The fraction of sp³-hybridized carbons (Fsp3) is 0.250. The summed E-state index contributed by atoms with van der Waals surface area (Å²) in [6.07, 6.45) is 2.07. The molecule has 0 aliphatic rings. The Kier molecular flexibility index (Phi) is 5.31. The van der Waals surface area contributed by atoms with Crippen molar-refractivity contribution in [1.82, 2.24) is 5.32 Å². The monoisotopic (exact) mass is 273 g/mol. The van der Waals surface area contributed by atoms with E-state index >= 15 is 0 Å². The third-order valence-electron chi connectivity index (χ3n) is 2.80. The highest BCUT2D eigenvalue weighted by Gasteiger charge is 1.98. The maximum absolute atomic E-state index is 5.81. The van der Waals surface area contributed by atoms with Crippen LogP contribution in [0.5, 0.6) is 11.5 Å². The van der Waals surface area contributed by atoms with Gasteiger partial charge >= 0.3 is 0 Å². The van der Waals surface area contributed by atoms with Crippen molar-refractivity contribution in [3.05, 3.63) is 54.1 Å². The van der Waals surface area contributed by atoms with Gasteiger partial charge in [0.2, 0.25) is 0 Å². The Labute approximate surface area is 119 Å². The molecule has 2 aromatic carbocycles. The van der Waals surface area contributed by atoms with E-state index in [-0.39, 0.29) is 0 Å². The summed E-state index contributed by atoms with van der Waals surface area (Å²) in [5, 5.41) is 3.30. The Bertz CT molecular complexity index is 493. The minimum Gasteiger partial charge on any atom is -0.457 e. The van der Waals surface area contributed by atoms with Crippen molar-refractivity contribution < 1.29 is 4.74 Å². The Balaban J connectivity index is 1.98. The van der Waals surface area contributed by atoms with Crippen LogP contribution in [0.2, 0.25) is 0 Å². The quantitative estimate of drug-likeness (QED) is 0.792. The fourth-order valence-corrected chi connectivity index (χ4v) is 2.13. The van der Waals surface area contributed by atoms with Gasteiger partial charge < -0.3 is 10.1 Å². The zero-order chi connectivity index (χ0) is 13.5. The molecule has 0 saturated heterocycles. The van der Waals surface area contributed by atoms with Crippen LogP contribution in [0.25, 0.3) is 0 Å². The molecule has 2 aromatic rings. The van der Waals surface area contributed by atoms with E-state index in [0.717, 1.165) is 24.6 Å². The van der Waals surface area contributed by atoms with Crippen molar-refractivity contribution >= 4 is 11.8 Å². The first-order chi connectivity index (χ1) is 9.31. The number of hydrogen-bond acceptors (Lipinski definition) is 3. The molecule has 2 rings (SSSR count). The zero-order valence-electron chi connectivity index (χ0n) is 11.3. The lowest BCUT2D eigenvalue weighted by molar-refractivity contribution is 0.482. The van der Waals surface area contributed by atoms with E-state index in [1.165, 1.54) is 10.5 Å². The fourth-order valence-electron chi connectivity index (χ4n) is 1.72. The molecule has 0 atom stereocenters. The van der Waals surface area contributed by atoms with E-state index in [9.17, 15) is 0 Å². The molecule has 0 radical (unpaired) electrons. The lowest BCUT2D eigenvalue weighted by Crippen LogP contribution is -2.11. The van der Waals surface area contributed by atoms with Crippen molar-refractivity contribution in [2.24, 2.45) is 0 Å². The largest absolute Gasteiger partial charge is 0.457 e. The molecule has 0 heterocycles. The average molecular weight is 273 g/mol. The average Bonchev–Trinajstić information content (AvgIpc) is 2.47. The molecule has 0 unspecified atom stereocenters. The van der Waals surface area contributed by atoms with Crippen LogP contribution in [-0.4, -0.2) is 12.8 Å². The molecular weight excluding hydrogens is 254 g/mol. The smallest absolute Gasteiger partial charge is 0.127 e. The summed E-state index contributed by atoms with van der Waals surface area (Å²) in [6, 6.07) is 16.3. The van der Waals surface area contributed by atoms with Gasteiger partial charge in [0.05, 0.1) is 0 Å². The van der Waals surface area contributed by atoms with Crippen LogP contribution < -0.4 is 10.1 Å². The predicted molar refractivity (Wildman–Crippen MR) is 82.1 cm³/mol. The molecule has 19 heavy (non-hydrogen) atoms. The van der Waals surface area contributed by atoms with Crippen LogP contribution in [0.15, 0.2) is 53.4 Å². The SMILES string of the molecule is CCNCc1ccc(Oc2ccc(SC)cc2)cc1. The topological polar surface area (TPSA) is 21.3 Å². The van der Waals surface area contributed by atoms with E-state index in [2.05, 4.69) is 42.8 Å². The lowest BCUT2D eigenvalue weighted by Gasteiger charge is -2.07. The normalized spacial score (nSPS) is 10.4. The molecule has 2 nitrogen and oxygen atoms in total. The van der Waals surface area contributed by atoms with Gasteiger partial charge in [-0.2, -0.15) is 0 Å². The van der Waals surface area contributed by atoms with Crippen LogP contribution >= 0.6 is 11.8 Å². The number of thioether (sulfide) groups is 1. The van der Waals surface area contributed by atoms with Crippen molar-refractivity contribution in [2.45, 2.75) is 18.4 Å². The summed E-state index contributed by atoms with van der Waals surface area (Å²) in [7, 11) is 0. The van der Waals surface area contributed by atoms with Gasteiger partial charge in [0.1, 0.15) is 11.5 Å². The first-order valence-corrected chi connectivity index (χ1v) is 7.66. The third-order valence-corrected chi connectivity index (χ3v) is 3.54. The Morgan fingerprint density at radius 2 is 1.53 bits per heavy atom. The number of ether oxygens (including phenoxy) is 1. The van der Waals surface area contributed by atoms with Gasteiger partial charge in [0, 0.05) is 11.4 Å².